The SMILES string of the molecule is CC(=O)N1CCN(CCCOc2cccc(C(=O)O)c2)CC1. The van der Waals surface area contributed by atoms with E-state index in [9.17, 15) is 9.59 Å². The first-order valence-corrected chi connectivity index (χ1v) is 7.50. The van der Waals surface area contributed by atoms with Crippen molar-refractivity contribution in [2.24, 2.45) is 0 Å². The highest BCUT2D eigenvalue weighted by Crippen LogP contribution is 2.13. The summed E-state index contributed by atoms with van der Waals surface area (Å²) >= 11 is 0. The maximum Gasteiger partial charge on any atom is 0.335 e. The van der Waals surface area contributed by atoms with Gasteiger partial charge >= 0.3 is 5.97 Å². The normalized spacial score (nSPS) is 15.6. The molecule has 0 aromatic heterocycles. The smallest absolute Gasteiger partial charge is 0.335 e. The zero-order chi connectivity index (χ0) is 15.9. The number of hydrogen-bond acceptors (Lipinski definition) is 4. The van der Waals surface area contributed by atoms with Gasteiger partial charge in [0.25, 0.3) is 0 Å². The average Bonchev–Trinajstić information content (AvgIpc) is 2.52. The van der Waals surface area contributed by atoms with Gasteiger partial charge in [0.2, 0.25) is 5.91 Å². The summed E-state index contributed by atoms with van der Waals surface area (Å²) in [5.74, 6) is -0.226. The summed E-state index contributed by atoms with van der Waals surface area (Å²) in [6.07, 6.45) is 0.872. The first kappa shape index (κ1) is 16.3. The second kappa shape index (κ2) is 7.79. The molecule has 1 saturated heterocycles. The average molecular weight is 306 g/mol. The van der Waals surface area contributed by atoms with Gasteiger partial charge in [0.15, 0.2) is 0 Å². The number of carbonyl (C=O) groups excluding carboxylic acids is 1. The molecule has 1 aromatic rings. The molecule has 0 atom stereocenters. The number of nitrogens with zero attached hydrogens (tertiary/aromatic N) is 2. The Morgan fingerprint density at radius 1 is 1.23 bits per heavy atom. The Kier molecular flexibility index (Phi) is 5.77. The molecule has 0 aliphatic carbocycles. The van der Waals surface area contributed by atoms with E-state index in [-0.39, 0.29) is 11.5 Å². The van der Waals surface area contributed by atoms with Crippen LogP contribution in [0.3, 0.4) is 0 Å². The van der Waals surface area contributed by atoms with E-state index in [4.69, 9.17) is 9.84 Å². The Balaban J connectivity index is 1.66. The Bertz CT molecular complexity index is 525. The second-order valence-electron chi connectivity index (χ2n) is 5.38. The van der Waals surface area contributed by atoms with Crippen molar-refractivity contribution in [2.75, 3.05) is 39.3 Å². The molecule has 1 aromatic carbocycles. The van der Waals surface area contributed by atoms with Gasteiger partial charge in [0, 0.05) is 39.6 Å². The topological polar surface area (TPSA) is 70.1 Å². The molecule has 1 amide bonds. The fourth-order valence-electron chi connectivity index (χ4n) is 2.48. The summed E-state index contributed by atoms with van der Waals surface area (Å²) in [7, 11) is 0. The van der Waals surface area contributed by atoms with Gasteiger partial charge in [-0.05, 0) is 24.6 Å². The van der Waals surface area contributed by atoms with Crippen LogP contribution in [0.15, 0.2) is 24.3 Å². The van der Waals surface area contributed by atoms with Crippen molar-refractivity contribution in [3.8, 4) is 5.75 Å². The molecule has 0 saturated carbocycles. The lowest BCUT2D eigenvalue weighted by Gasteiger charge is -2.34. The quantitative estimate of drug-likeness (QED) is 0.803. The molecule has 6 nitrogen and oxygen atoms in total. The summed E-state index contributed by atoms with van der Waals surface area (Å²) in [5, 5.41) is 8.92. The van der Waals surface area contributed by atoms with Crippen molar-refractivity contribution in [1.82, 2.24) is 9.80 Å². The first-order chi connectivity index (χ1) is 10.6. The number of aromatic carboxylic acids is 1. The minimum atomic E-state index is -0.950. The number of amides is 1. The van der Waals surface area contributed by atoms with Gasteiger partial charge in [-0.2, -0.15) is 0 Å². The molecule has 6 heteroatoms. The molecule has 0 radical (unpaired) electrons. The number of carbonyl (C=O) groups is 2. The number of hydrogen-bond donors (Lipinski definition) is 1. The fraction of sp³-hybridized carbons (Fsp3) is 0.500. The van der Waals surface area contributed by atoms with Crippen LogP contribution in [0.25, 0.3) is 0 Å². The highest BCUT2D eigenvalue weighted by molar-refractivity contribution is 5.87. The maximum atomic E-state index is 11.2. The van der Waals surface area contributed by atoms with Crippen molar-refractivity contribution in [3.63, 3.8) is 0 Å². The Morgan fingerprint density at radius 2 is 1.95 bits per heavy atom. The lowest BCUT2D eigenvalue weighted by Crippen LogP contribution is -2.48. The van der Waals surface area contributed by atoms with Crippen molar-refractivity contribution in [2.45, 2.75) is 13.3 Å². The van der Waals surface area contributed by atoms with Crippen LogP contribution < -0.4 is 4.74 Å². The molecule has 0 spiro atoms. The molecule has 1 heterocycles. The molecule has 1 aliphatic heterocycles. The largest absolute Gasteiger partial charge is 0.494 e. The molecular weight excluding hydrogens is 284 g/mol. The lowest BCUT2D eigenvalue weighted by molar-refractivity contribution is -0.130. The second-order valence-corrected chi connectivity index (χ2v) is 5.38. The Morgan fingerprint density at radius 3 is 2.59 bits per heavy atom. The molecule has 120 valence electrons. The molecule has 2 rings (SSSR count). The number of carboxylic acid groups (broad SMARTS) is 1. The van der Waals surface area contributed by atoms with Gasteiger partial charge in [-0.25, -0.2) is 4.79 Å². The number of piperazine rings is 1. The predicted octanol–water partition coefficient (Wildman–Crippen LogP) is 1.32. The van der Waals surface area contributed by atoms with Gasteiger partial charge in [-0.1, -0.05) is 6.07 Å². The number of ether oxygens (including phenoxy) is 1. The first-order valence-electron chi connectivity index (χ1n) is 7.50. The van der Waals surface area contributed by atoms with E-state index in [1.54, 1.807) is 25.1 Å². The van der Waals surface area contributed by atoms with Crippen molar-refractivity contribution in [3.05, 3.63) is 29.8 Å². The molecule has 22 heavy (non-hydrogen) atoms. The number of carboxylic acids is 1. The van der Waals surface area contributed by atoms with Crippen LogP contribution in [-0.2, 0) is 4.79 Å². The molecular formula is C16H22N2O4. The lowest BCUT2D eigenvalue weighted by atomic mass is 10.2. The minimum absolute atomic E-state index is 0.140. The third-order valence-electron chi connectivity index (χ3n) is 3.79. The summed E-state index contributed by atoms with van der Waals surface area (Å²) in [6, 6.07) is 6.52. The molecule has 1 N–H and O–H groups in total. The summed E-state index contributed by atoms with van der Waals surface area (Å²) in [6.45, 7) is 6.45. The minimum Gasteiger partial charge on any atom is -0.494 e. The predicted molar refractivity (Wildman–Crippen MR) is 82.2 cm³/mol. The molecule has 0 unspecified atom stereocenters. The maximum absolute atomic E-state index is 11.2. The van der Waals surface area contributed by atoms with Crippen molar-refractivity contribution >= 4 is 11.9 Å². The standard InChI is InChI=1S/C16H22N2O4/c1-13(19)18-9-7-17(8-10-18)6-3-11-22-15-5-2-4-14(12-15)16(20)21/h2,4-5,12H,3,6-11H2,1H3,(H,20,21). The molecule has 1 fully saturated rings. The summed E-state index contributed by atoms with van der Waals surface area (Å²) in [4.78, 5) is 26.3. The third kappa shape index (κ3) is 4.73. The van der Waals surface area contributed by atoms with Crippen LogP contribution in [0.5, 0.6) is 5.75 Å². The van der Waals surface area contributed by atoms with E-state index in [1.165, 1.54) is 6.07 Å². The highest BCUT2D eigenvalue weighted by Gasteiger charge is 2.17. The van der Waals surface area contributed by atoms with Gasteiger partial charge in [0.1, 0.15) is 5.75 Å². The molecule has 0 bridgehead atoms. The van der Waals surface area contributed by atoms with Crippen LogP contribution in [0.4, 0.5) is 0 Å². The zero-order valence-corrected chi connectivity index (χ0v) is 12.8. The Labute approximate surface area is 130 Å². The van der Waals surface area contributed by atoms with E-state index in [0.29, 0.717) is 12.4 Å². The summed E-state index contributed by atoms with van der Waals surface area (Å²) in [5.41, 5.74) is 0.234. The summed E-state index contributed by atoms with van der Waals surface area (Å²) < 4.78 is 5.59. The number of benzene rings is 1. The van der Waals surface area contributed by atoms with E-state index in [2.05, 4.69) is 4.90 Å². The van der Waals surface area contributed by atoms with Crippen LogP contribution >= 0.6 is 0 Å². The van der Waals surface area contributed by atoms with Crippen LogP contribution in [0.1, 0.15) is 23.7 Å². The van der Waals surface area contributed by atoms with E-state index in [0.717, 1.165) is 39.1 Å². The van der Waals surface area contributed by atoms with Crippen LogP contribution in [-0.4, -0.2) is 66.1 Å². The zero-order valence-electron chi connectivity index (χ0n) is 12.8. The van der Waals surface area contributed by atoms with E-state index in [1.807, 2.05) is 4.90 Å². The third-order valence-corrected chi connectivity index (χ3v) is 3.79. The van der Waals surface area contributed by atoms with Gasteiger partial charge in [-0.3, -0.25) is 9.69 Å². The monoisotopic (exact) mass is 306 g/mol. The van der Waals surface area contributed by atoms with Gasteiger partial charge < -0.3 is 14.7 Å². The van der Waals surface area contributed by atoms with E-state index >= 15 is 0 Å². The van der Waals surface area contributed by atoms with Crippen LogP contribution in [0.2, 0.25) is 0 Å². The highest BCUT2D eigenvalue weighted by atomic mass is 16.5. The van der Waals surface area contributed by atoms with E-state index < -0.39 is 5.97 Å². The van der Waals surface area contributed by atoms with Crippen LogP contribution in [0, 0.1) is 0 Å². The van der Waals surface area contributed by atoms with Gasteiger partial charge in [0.05, 0.1) is 12.2 Å². The Hall–Kier alpha value is -2.08. The molecule has 1 aliphatic rings. The van der Waals surface area contributed by atoms with Crippen molar-refractivity contribution < 1.29 is 19.4 Å². The van der Waals surface area contributed by atoms with Gasteiger partial charge in [-0.15, -0.1) is 0 Å². The number of rotatable bonds is 6. The van der Waals surface area contributed by atoms with Crippen molar-refractivity contribution in [1.29, 1.82) is 0 Å². The fourth-order valence-corrected chi connectivity index (χ4v) is 2.48.